The Bertz CT molecular complexity index is 269. The molecule has 64 valence electrons. The van der Waals surface area contributed by atoms with Crippen LogP contribution in [0, 0.1) is 0 Å². The number of hydrazine groups is 1. The molecule has 2 rings (SSSR count). The van der Waals surface area contributed by atoms with E-state index in [0.29, 0.717) is 11.7 Å². The summed E-state index contributed by atoms with van der Waals surface area (Å²) in [5.41, 5.74) is 7.10. The second kappa shape index (κ2) is 3.13. The van der Waals surface area contributed by atoms with Gasteiger partial charge in [-0.1, -0.05) is 18.2 Å². The molecule has 1 aromatic rings. The second-order valence-corrected chi connectivity index (χ2v) is 3.02. The van der Waals surface area contributed by atoms with Crippen LogP contribution in [0.4, 0.5) is 0 Å². The summed E-state index contributed by atoms with van der Waals surface area (Å²) < 4.78 is 0. The number of phenols is 1. The van der Waals surface area contributed by atoms with Crippen molar-refractivity contribution in [1.82, 2.24) is 10.9 Å². The lowest BCUT2D eigenvalue weighted by atomic mass is 9.99. The molecule has 1 aliphatic heterocycles. The van der Waals surface area contributed by atoms with Gasteiger partial charge in [-0.25, -0.2) is 0 Å². The molecular formula is C9H12N2O. The van der Waals surface area contributed by atoms with Gasteiger partial charge in [0, 0.05) is 19.0 Å². The topological polar surface area (TPSA) is 44.3 Å². The predicted molar refractivity (Wildman–Crippen MR) is 46.9 cm³/mol. The first-order chi connectivity index (χ1) is 5.88. The third kappa shape index (κ3) is 1.29. The number of phenolic OH excluding ortho intramolecular Hbond substituents is 1. The van der Waals surface area contributed by atoms with Gasteiger partial charge in [0.25, 0.3) is 0 Å². The Morgan fingerprint density at radius 2 is 1.83 bits per heavy atom. The average molecular weight is 164 g/mol. The number of benzene rings is 1. The number of para-hydroxylation sites is 1. The summed E-state index contributed by atoms with van der Waals surface area (Å²) in [6.45, 7) is 1.77. The zero-order valence-corrected chi connectivity index (χ0v) is 6.75. The Kier molecular flexibility index (Phi) is 1.98. The smallest absolute Gasteiger partial charge is 0.119 e. The monoisotopic (exact) mass is 164 g/mol. The fourth-order valence-corrected chi connectivity index (χ4v) is 1.52. The SMILES string of the molecule is Oc1ccccc1C1CNNC1. The minimum Gasteiger partial charge on any atom is -0.508 e. The highest BCUT2D eigenvalue weighted by Gasteiger charge is 2.18. The van der Waals surface area contributed by atoms with Crippen LogP contribution in [0.3, 0.4) is 0 Å². The summed E-state index contributed by atoms with van der Waals surface area (Å²) >= 11 is 0. The van der Waals surface area contributed by atoms with E-state index in [4.69, 9.17) is 0 Å². The molecule has 0 aliphatic carbocycles. The maximum Gasteiger partial charge on any atom is 0.119 e. The Labute approximate surface area is 71.4 Å². The zero-order chi connectivity index (χ0) is 8.39. The number of hydrogen-bond acceptors (Lipinski definition) is 3. The molecule has 1 heterocycles. The first-order valence-electron chi connectivity index (χ1n) is 4.11. The van der Waals surface area contributed by atoms with Gasteiger partial charge < -0.3 is 5.11 Å². The summed E-state index contributed by atoms with van der Waals surface area (Å²) in [4.78, 5) is 0. The quantitative estimate of drug-likeness (QED) is 0.569. The van der Waals surface area contributed by atoms with Crippen molar-refractivity contribution in [2.75, 3.05) is 13.1 Å². The van der Waals surface area contributed by atoms with E-state index in [2.05, 4.69) is 10.9 Å². The van der Waals surface area contributed by atoms with Gasteiger partial charge in [-0.2, -0.15) is 0 Å². The van der Waals surface area contributed by atoms with Crippen LogP contribution in [-0.2, 0) is 0 Å². The van der Waals surface area contributed by atoms with Gasteiger partial charge in [0.05, 0.1) is 0 Å². The third-order valence-electron chi connectivity index (χ3n) is 2.20. The van der Waals surface area contributed by atoms with Crippen LogP contribution in [0.15, 0.2) is 24.3 Å². The highest BCUT2D eigenvalue weighted by atomic mass is 16.3. The van der Waals surface area contributed by atoms with Gasteiger partial charge in [-0.3, -0.25) is 10.9 Å². The molecule has 0 spiro atoms. The fraction of sp³-hybridized carbons (Fsp3) is 0.333. The Hall–Kier alpha value is -1.06. The molecule has 0 radical (unpaired) electrons. The first kappa shape index (κ1) is 7.58. The van der Waals surface area contributed by atoms with Crippen molar-refractivity contribution in [3.05, 3.63) is 29.8 Å². The molecule has 1 aliphatic rings. The third-order valence-corrected chi connectivity index (χ3v) is 2.20. The van der Waals surface area contributed by atoms with E-state index in [1.807, 2.05) is 18.2 Å². The fourth-order valence-electron chi connectivity index (χ4n) is 1.52. The van der Waals surface area contributed by atoms with Gasteiger partial charge in [-0.15, -0.1) is 0 Å². The zero-order valence-electron chi connectivity index (χ0n) is 6.75. The van der Waals surface area contributed by atoms with Crippen LogP contribution in [0.5, 0.6) is 5.75 Å². The van der Waals surface area contributed by atoms with Crippen molar-refractivity contribution in [3.8, 4) is 5.75 Å². The molecule has 3 N–H and O–H groups in total. The lowest BCUT2D eigenvalue weighted by Crippen LogP contribution is -2.21. The molecule has 12 heavy (non-hydrogen) atoms. The van der Waals surface area contributed by atoms with Crippen LogP contribution in [0.25, 0.3) is 0 Å². The lowest BCUT2D eigenvalue weighted by Gasteiger charge is -2.08. The molecule has 0 saturated carbocycles. The molecule has 0 bridgehead atoms. The molecule has 0 atom stereocenters. The molecule has 0 unspecified atom stereocenters. The normalized spacial score (nSPS) is 18.3. The van der Waals surface area contributed by atoms with Gasteiger partial charge >= 0.3 is 0 Å². The first-order valence-corrected chi connectivity index (χ1v) is 4.11. The van der Waals surface area contributed by atoms with Gasteiger partial charge in [0.15, 0.2) is 0 Å². The number of hydrogen-bond donors (Lipinski definition) is 3. The van der Waals surface area contributed by atoms with Crippen LogP contribution in [0.2, 0.25) is 0 Å². The molecule has 1 aromatic carbocycles. The van der Waals surface area contributed by atoms with Gasteiger partial charge in [0.1, 0.15) is 5.75 Å². The number of aromatic hydroxyl groups is 1. The van der Waals surface area contributed by atoms with Crippen LogP contribution in [-0.4, -0.2) is 18.2 Å². The summed E-state index contributed by atoms with van der Waals surface area (Å²) in [6.07, 6.45) is 0. The van der Waals surface area contributed by atoms with Crippen molar-refractivity contribution >= 4 is 0 Å². The molecule has 0 aromatic heterocycles. The Morgan fingerprint density at radius 3 is 2.50 bits per heavy atom. The molecule has 1 saturated heterocycles. The summed E-state index contributed by atoms with van der Waals surface area (Å²) in [5, 5.41) is 9.52. The van der Waals surface area contributed by atoms with E-state index in [-0.39, 0.29) is 0 Å². The minimum absolute atomic E-state index is 0.395. The highest BCUT2D eigenvalue weighted by molar-refractivity contribution is 5.35. The molecule has 0 amide bonds. The maximum absolute atomic E-state index is 9.52. The molecule has 1 fully saturated rings. The van der Waals surface area contributed by atoms with Crippen LogP contribution >= 0.6 is 0 Å². The Morgan fingerprint density at radius 1 is 1.17 bits per heavy atom. The van der Waals surface area contributed by atoms with Crippen molar-refractivity contribution in [2.45, 2.75) is 5.92 Å². The van der Waals surface area contributed by atoms with E-state index in [1.165, 1.54) is 0 Å². The summed E-state index contributed by atoms with van der Waals surface area (Å²) in [7, 11) is 0. The second-order valence-electron chi connectivity index (χ2n) is 3.02. The van der Waals surface area contributed by atoms with Crippen molar-refractivity contribution < 1.29 is 5.11 Å². The minimum atomic E-state index is 0.395. The molecule has 3 nitrogen and oxygen atoms in total. The predicted octanol–water partition coefficient (Wildman–Crippen LogP) is 0.584. The van der Waals surface area contributed by atoms with E-state index < -0.39 is 0 Å². The van der Waals surface area contributed by atoms with E-state index in [1.54, 1.807) is 6.07 Å². The van der Waals surface area contributed by atoms with Gasteiger partial charge in [0.2, 0.25) is 0 Å². The average Bonchev–Trinajstić information content (AvgIpc) is 2.57. The molecular weight excluding hydrogens is 152 g/mol. The van der Waals surface area contributed by atoms with Crippen molar-refractivity contribution in [3.63, 3.8) is 0 Å². The molecule has 3 heteroatoms. The summed E-state index contributed by atoms with van der Waals surface area (Å²) in [5.74, 6) is 0.791. The lowest BCUT2D eigenvalue weighted by molar-refractivity contribution is 0.464. The van der Waals surface area contributed by atoms with E-state index >= 15 is 0 Å². The number of nitrogens with one attached hydrogen (secondary N) is 2. The van der Waals surface area contributed by atoms with Crippen molar-refractivity contribution in [2.24, 2.45) is 0 Å². The van der Waals surface area contributed by atoms with Crippen molar-refractivity contribution in [1.29, 1.82) is 0 Å². The Balaban J connectivity index is 2.26. The standard InChI is InChI=1S/C9H12N2O/c12-9-4-2-1-3-8(9)7-5-10-11-6-7/h1-4,7,10-12H,5-6H2. The highest BCUT2D eigenvalue weighted by Crippen LogP contribution is 2.25. The summed E-state index contributed by atoms with van der Waals surface area (Å²) in [6, 6.07) is 7.49. The number of rotatable bonds is 1. The van der Waals surface area contributed by atoms with Crippen LogP contribution < -0.4 is 10.9 Å². The maximum atomic E-state index is 9.52. The van der Waals surface area contributed by atoms with E-state index in [9.17, 15) is 5.11 Å². The van der Waals surface area contributed by atoms with Crippen LogP contribution in [0.1, 0.15) is 11.5 Å². The largest absolute Gasteiger partial charge is 0.508 e. The van der Waals surface area contributed by atoms with Gasteiger partial charge in [-0.05, 0) is 11.6 Å². The van der Waals surface area contributed by atoms with E-state index in [0.717, 1.165) is 18.7 Å².